The largest absolute Gasteiger partial charge is 0.397 e. The summed E-state index contributed by atoms with van der Waals surface area (Å²) >= 11 is 0. The van der Waals surface area contributed by atoms with E-state index in [1.54, 1.807) is 12.3 Å². The second kappa shape index (κ2) is 4.67. The number of H-pyrrole nitrogens is 1. The number of carbonyl (C=O) groups is 1. The molecule has 2 heterocycles. The normalized spacial score (nSPS) is 27.9. The van der Waals surface area contributed by atoms with Gasteiger partial charge in [-0.05, 0) is 37.7 Å². The van der Waals surface area contributed by atoms with Crippen LogP contribution in [0.2, 0.25) is 0 Å². The molecule has 4 heteroatoms. The molecule has 1 aliphatic heterocycles. The van der Waals surface area contributed by atoms with E-state index in [1.807, 2.05) is 0 Å². The molecule has 1 aliphatic carbocycles. The second-order valence-corrected chi connectivity index (χ2v) is 5.60. The van der Waals surface area contributed by atoms with Crippen molar-refractivity contribution in [2.45, 2.75) is 44.6 Å². The molecule has 4 nitrogen and oxygen atoms in total. The Hall–Kier alpha value is -1.45. The Morgan fingerprint density at radius 3 is 2.83 bits per heavy atom. The highest BCUT2D eigenvalue weighted by atomic mass is 16.2. The molecule has 1 aromatic rings. The summed E-state index contributed by atoms with van der Waals surface area (Å²) in [4.78, 5) is 17.6. The predicted octanol–water partition coefficient (Wildman–Crippen LogP) is 2.39. The maximum absolute atomic E-state index is 12.5. The average Bonchev–Trinajstić information content (AvgIpc) is 2.84. The van der Waals surface area contributed by atoms with Crippen LogP contribution in [0.3, 0.4) is 0 Å². The standard InChI is InChI=1S/C14H21N3O/c15-11-8-12(16-9-11)14(18)17-7-3-5-10-4-1-2-6-13(10)17/h8-10,13,16H,1-7,15H2/t10-,13-/m1/s1. The molecule has 3 rings (SSSR count). The Bertz CT molecular complexity index is 438. The molecule has 0 bridgehead atoms. The predicted molar refractivity (Wildman–Crippen MR) is 71.2 cm³/mol. The van der Waals surface area contributed by atoms with Crippen molar-refractivity contribution in [2.24, 2.45) is 5.92 Å². The molecule has 0 spiro atoms. The van der Waals surface area contributed by atoms with Crippen LogP contribution in [0.4, 0.5) is 5.69 Å². The number of nitrogens with one attached hydrogen (secondary N) is 1. The van der Waals surface area contributed by atoms with Crippen LogP contribution in [-0.4, -0.2) is 28.4 Å². The van der Waals surface area contributed by atoms with Crippen LogP contribution >= 0.6 is 0 Å². The summed E-state index contributed by atoms with van der Waals surface area (Å²) in [5.74, 6) is 0.854. The number of hydrogen-bond donors (Lipinski definition) is 2. The van der Waals surface area contributed by atoms with E-state index in [2.05, 4.69) is 9.88 Å². The van der Waals surface area contributed by atoms with Crippen molar-refractivity contribution in [1.82, 2.24) is 9.88 Å². The summed E-state index contributed by atoms with van der Waals surface area (Å²) in [7, 11) is 0. The minimum Gasteiger partial charge on any atom is -0.397 e. The fraction of sp³-hybridized carbons (Fsp3) is 0.643. The number of aromatic nitrogens is 1. The number of nitrogens with two attached hydrogens (primary N) is 1. The molecule has 98 valence electrons. The van der Waals surface area contributed by atoms with Crippen LogP contribution in [0.15, 0.2) is 12.3 Å². The molecule has 0 radical (unpaired) electrons. The first-order chi connectivity index (χ1) is 8.75. The van der Waals surface area contributed by atoms with Crippen molar-refractivity contribution in [3.05, 3.63) is 18.0 Å². The van der Waals surface area contributed by atoms with E-state index in [4.69, 9.17) is 5.73 Å². The van der Waals surface area contributed by atoms with Gasteiger partial charge in [-0.1, -0.05) is 12.8 Å². The lowest BCUT2D eigenvalue weighted by Crippen LogP contribution is -2.49. The topological polar surface area (TPSA) is 62.1 Å². The first-order valence-corrected chi connectivity index (χ1v) is 7.00. The van der Waals surface area contributed by atoms with Gasteiger partial charge in [-0.15, -0.1) is 0 Å². The van der Waals surface area contributed by atoms with Crippen molar-refractivity contribution >= 4 is 11.6 Å². The Morgan fingerprint density at radius 2 is 2.06 bits per heavy atom. The Balaban J connectivity index is 1.79. The highest BCUT2D eigenvalue weighted by Gasteiger charge is 2.36. The highest BCUT2D eigenvalue weighted by Crippen LogP contribution is 2.35. The van der Waals surface area contributed by atoms with Crippen molar-refractivity contribution in [3.63, 3.8) is 0 Å². The van der Waals surface area contributed by atoms with Gasteiger partial charge in [0.2, 0.25) is 0 Å². The maximum Gasteiger partial charge on any atom is 0.270 e. The summed E-state index contributed by atoms with van der Waals surface area (Å²) in [5, 5.41) is 0. The maximum atomic E-state index is 12.5. The summed E-state index contributed by atoms with van der Waals surface area (Å²) in [6.07, 6.45) is 9.18. The summed E-state index contributed by atoms with van der Waals surface area (Å²) in [6.45, 7) is 0.902. The zero-order valence-electron chi connectivity index (χ0n) is 10.7. The Kier molecular flexibility index (Phi) is 3.02. The van der Waals surface area contributed by atoms with E-state index in [-0.39, 0.29) is 5.91 Å². The molecule has 0 unspecified atom stereocenters. The van der Waals surface area contributed by atoms with Crippen molar-refractivity contribution in [2.75, 3.05) is 12.3 Å². The summed E-state index contributed by atoms with van der Waals surface area (Å²) < 4.78 is 0. The zero-order valence-corrected chi connectivity index (χ0v) is 10.7. The van der Waals surface area contributed by atoms with Crippen LogP contribution in [-0.2, 0) is 0 Å². The van der Waals surface area contributed by atoms with Crippen LogP contribution < -0.4 is 5.73 Å². The minimum atomic E-state index is 0.128. The molecule has 1 amide bonds. The number of nitrogen functional groups attached to an aromatic ring is 1. The Labute approximate surface area is 108 Å². The van der Waals surface area contributed by atoms with Crippen molar-refractivity contribution in [3.8, 4) is 0 Å². The zero-order chi connectivity index (χ0) is 12.5. The van der Waals surface area contributed by atoms with E-state index in [0.717, 1.165) is 18.9 Å². The number of nitrogens with zero attached hydrogens (tertiary/aromatic N) is 1. The third-order valence-electron chi connectivity index (χ3n) is 4.44. The molecule has 2 fully saturated rings. The van der Waals surface area contributed by atoms with E-state index in [0.29, 0.717) is 17.4 Å². The first kappa shape index (κ1) is 11.6. The molecule has 2 aliphatic rings. The molecular weight excluding hydrogens is 226 g/mol. The van der Waals surface area contributed by atoms with Crippen LogP contribution in [0.25, 0.3) is 0 Å². The monoisotopic (exact) mass is 247 g/mol. The molecule has 3 N–H and O–H groups in total. The van der Waals surface area contributed by atoms with Gasteiger partial charge in [-0.3, -0.25) is 4.79 Å². The van der Waals surface area contributed by atoms with Gasteiger partial charge in [0.15, 0.2) is 0 Å². The van der Waals surface area contributed by atoms with Crippen molar-refractivity contribution in [1.29, 1.82) is 0 Å². The van der Waals surface area contributed by atoms with Gasteiger partial charge in [-0.25, -0.2) is 0 Å². The number of likely N-dealkylation sites (tertiary alicyclic amines) is 1. The van der Waals surface area contributed by atoms with Gasteiger partial charge in [0.05, 0.1) is 0 Å². The summed E-state index contributed by atoms with van der Waals surface area (Å²) in [5.41, 5.74) is 6.95. The molecule has 2 atom stereocenters. The average molecular weight is 247 g/mol. The molecular formula is C14H21N3O. The number of carbonyl (C=O) groups excluding carboxylic acids is 1. The van der Waals surface area contributed by atoms with Crippen LogP contribution in [0.5, 0.6) is 0 Å². The van der Waals surface area contributed by atoms with E-state index in [1.165, 1.54) is 32.1 Å². The van der Waals surface area contributed by atoms with Crippen molar-refractivity contribution < 1.29 is 4.79 Å². The molecule has 1 saturated heterocycles. The number of amides is 1. The lowest BCUT2D eigenvalue weighted by molar-refractivity contribution is 0.0386. The van der Waals surface area contributed by atoms with E-state index in [9.17, 15) is 4.79 Å². The van der Waals surface area contributed by atoms with E-state index < -0.39 is 0 Å². The third-order valence-corrected chi connectivity index (χ3v) is 4.44. The molecule has 0 aromatic carbocycles. The highest BCUT2D eigenvalue weighted by molar-refractivity contribution is 5.93. The SMILES string of the molecule is Nc1c[nH]c(C(=O)N2CCC[C@H]3CCCC[C@H]32)c1. The lowest BCUT2D eigenvalue weighted by atomic mass is 9.78. The molecule has 18 heavy (non-hydrogen) atoms. The number of fused-ring (bicyclic) bond motifs is 1. The third kappa shape index (κ3) is 2.00. The van der Waals surface area contributed by atoms with E-state index >= 15 is 0 Å². The number of aromatic amines is 1. The minimum absolute atomic E-state index is 0.128. The fourth-order valence-electron chi connectivity index (χ4n) is 3.57. The number of anilines is 1. The summed E-state index contributed by atoms with van der Waals surface area (Å²) in [6, 6.07) is 2.21. The quantitative estimate of drug-likeness (QED) is 0.800. The fourth-order valence-corrected chi connectivity index (χ4v) is 3.57. The van der Waals surface area contributed by atoms with Gasteiger partial charge in [0, 0.05) is 24.5 Å². The van der Waals surface area contributed by atoms with Gasteiger partial charge < -0.3 is 15.6 Å². The smallest absolute Gasteiger partial charge is 0.270 e. The Morgan fingerprint density at radius 1 is 1.28 bits per heavy atom. The van der Waals surface area contributed by atoms with Gasteiger partial charge in [0.1, 0.15) is 5.69 Å². The van der Waals surface area contributed by atoms with Crippen LogP contribution in [0.1, 0.15) is 49.0 Å². The molecule has 1 aromatic heterocycles. The molecule has 1 saturated carbocycles. The van der Waals surface area contributed by atoms with Gasteiger partial charge >= 0.3 is 0 Å². The number of piperidine rings is 1. The first-order valence-electron chi connectivity index (χ1n) is 7.00. The second-order valence-electron chi connectivity index (χ2n) is 5.60. The number of rotatable bonds is 1. The van der Waals surface area contributed by atoms with Gasteiger partial charge in [0.25, 0.3) is 5.91 Å². The number of hydrogen-bond acceptors (Lipinski definition) is 2. The van der Waals surface area contributed by atoms with Crippen LogP contribution in [0, 0.1) is 5.92 Å². The lowest BCUT2D eigenvalue weighted by Gasteiger charge is -2.44. The van der Waals surface area contributed by atoms with Gasteiger partial charge in [-0.2, -0.15) is 0 Å².